The molecule has 0 spiro atoms. The summed E-state index contributed by atoms with van der Waals surface area (Å²) in [6.07, 6.45) is 7.80. The third-order valence-electron chi connectivity index (χ3n) is 4.34. The van der Waals surface area contributed by atoms with E-state index in [9.17, 15) is 4.79 Å². The number of ether oxygens (including phenoxy) is 2. The Morgan fingerprint density at radius 3 is 2.83 bits per heavy atom. The van der Waals surface area contributed by atoms with Crippen molar-refractivity contribution in [3.05, 3.63) is 28.8 Å². The summed E-state index contributed by atoms with van der Waals surface area (Å²) in [6.45, 7) is 5.38. The van der Waals surface area contributed by atoms with Crippen molar-refractivity contribution in [2.75, 3.05) is 20.3 Å². The predicted molar refractivity (Wildman–Crippen MR) is 97.9 cm³/mol. The molecule has 24 heavy (non-hydrogen) atoms. The first kappa shape index (κ1) is 18.7. The zero-order valence-corrected chi connectivity index (χ0v) is 15.4. The lowest BCUT2D eigenvalue weighted by molar-refractivity contribution is -0.129. The van der Waals surface area contributed by atoms with E-state index in [1.807, 2.05) is 17.9 Å². The van der Waals surface area contributed by atoms with Crippen molar-refractivity contribution in [1.82, 2.24) is 4.90 Å². The molecule has 1 aliphatic rings. The van der Waals surface area contributed by atoms with E-state index >= 15 is 0 Å². The van der Waals surface area contributed by atoms with E-state index in [1.54, 1.807) is 25.3 Å². The van der Waals surface area contributed by atoms with Crippen molar-refractivity contribution >= 4 is 23.6 Å². The lowest BCUT2D eigenvalue weighted by Gasteiger charge is -2.34. The Morgan fingerprint density at radius 1 is 1.38 bits per heavy atom. The standard InChI is InChI=1S/C19H26ClNO3/c1-4-15-8-6-7-11-21(15)18(22)10-9-14-12-16(20)19(24-5-2)17(13-14)23-3/h9-10,12-13,15H,4-8,11H2,1-3H3/b10-9+. The predicted octanol–water partition coefficient (Wildman–Crippen LogP) is 4.55. The van der Waals surface area contributed by atoms with Crippen LogP contribution in [0.4, 0.5) is 0 Å². The Labute approximate surface area is 149 Å². The largest absolute Gasteiger partial charge is 0.493 e. The molecule has 1 amide bonds. The van der Waals surface area contributed by atoms with Crippen molar-refractivity contribution < 1.29 is 14.3 Å². The second-order valence-electron chi connectivity index (χ2n) is 5.89. The van der Waals surface area contributed by atoms with Crippen LogP contribution in [0.3, 0.4) is 0 Å². The minimum atomic E-state index is 0.0607. The monoisotopic (exact) mass is 351 g/mol. The molecule has 132 valence electrons. The average molecular weight is 352 g/mol. The minimum Gasteiger partial charge on any atom is -0.493 e. The number of benzene rings is 1. The lowest BCUT2D eigenvalue weighted by atomic mass is 10.00. The summed E-state index contributed by atoms with van der Waals surface area (Å²) in [4.78, 5) is 14.5. The van der Waals surface area contributed by atoms with E-state index in [-0.39, 0.29) is 5.91 Å². The quantitative estimate of drug-likeness (QED) is 0.705. The van der Waals surface area contributed by atoms with E-state index in [2.05, 4.69) is 6.92 Å². The fraction of sp³-hybridized carbons (Fsp3) is 0.526. The number of methoxy groups -OCH3 is 1. The Kier molecular flexibility index (Phi) is 6.98. The third kappa shape index (κ3) is 4.44. The maximum absolute atomic E-state index is 12.5. The van der Waals surface area contributed by atoms with Crippen molar-refractivity contribution in [1.29, 1.82) is 0 Å². The van der Waals surface area contributed by atoms with Crippen LogP contribution in [0.1, 0.15) is 45.1 Å². The molecule has 0 radical (unpaired) electrons. The van der Waals surface area contributed by atoms with Crippen molar-refractivity contribution in [3.63, 3.8) is 0 Å². The number of nitrogens with zero attached hydrogens (tertiary/aromatic N) is 1. The smallest absolute Gasteiger partial charge is 0.246 e. The van der Waals surface area contributed by atoms with E-state index in [0.717, 1.165) is 31.4 Å². The molecule has 0 bridgehead atoms. The highest BCUT2D eigenvalue weighted by Gasteiger charge is 2.23. The van der Waals surface area contributed by atoms with Crippen LogP contribution >= 0.6 is 11.6 Å². The summed E-state index contributed by atoms with van der Waals surface area (Å²) in [5.41, 5.74) is 0.818. The highest BCUT2D eigenvalue weighted by atomic mass is 35.5. The van der Waals surface area contributed by atoms with Gasteiger partial charge in [-0.2, -0.15) is 0 Å². The summed E-state index contributed by atoms with van der Waals surface area (Å²) < 4.78 is 10.8. The SMILES string of the molecule is CCOc1c(Cl)cc(/C=C/C(=O)N2CCCCC2CC)cc1OC. The van der Waals surface area contributed by atoms with Crippen LogP contribution in [0.5, 0.6) is 11.5 Å². The molecule has 1 aliphatic heterocycles. The number of hydrogen-bond acceptors (Lipinski definition) is 3. The van der Waals surface area contributed by atoms with Crippen LogP contribution in [-0.2, 0) is 4.79 Å². The topological polar surface area (TPSA) is 38.8 Å². The van der Waals surface area contributed by atoms with Gasteiger partial charge in [-0.05, 0) is 56.4 Å². The van der Waals surface area contributed by atoms with Gasteiger partial charge < -0.3 is 14.4 Å². The molecule has 0 N–H and O–H groups in total. The number of carbonyl (C=O) groups excluding carboxylic acids is 1. The summed E-state index contributed by atoms with van der Waals surface area (Å²) in [5.74, 6) is 1.17. The maximum atomic E-state index is 12.5. The van der Waals surface area contributed by atoms with E-state index in [1.165, 1.54) is 6.42 Å². The molecule has 1 atom stereocenters. The number of rotatable bonds is 6. The Hall–Kier alpha value is -1.68. The molecule has 4 nitrogen and oxygen atoms in total. The van der Waals surface area contributed by atoms with E-state index < -0.39 is 0 Å². The molecule has 5 heteroatoms. The molecule has 1 aromatic carbocycles. The van der Waals surface area contributed by atoms with Gasteiger partial charge in [0, 0.05) is 18.7 Å². The van der Waals surface area contributed by atoms with Crippen LogP contribution < -0.4 is 9.47 Å². The van der Waals surface area contributed by atoms with Gasteiger partial charge in [-0.25, -0.2) is 0 Å². The molecule has 1 heterocycles. The highest BCUT2D eigenvalue weighted by Crippen LogP contribution is 2.36. The van der Waals surface area contributed by atoms with Gasteiger partial charge >= 0.3 is 0 Å². The first-order valence-corrected chi connectivity index (χ1v) is 8.97. The number of halogens is 1. The van der Waals surface area contributed by atoms with Gasteiger partial charge in [-0.3, -0.25) is 4.79 Å². The molecule has 1 aromatic rings. The molecule has 0 saturated carbocycles. The Morgan fingerprint density at radius 2 is 2.17 bits per heavy atom. The maximum Gasteiger partial charge on any atom is 0.246 e. The van der Waals surface area contributed by atoms with Gasteiger partial charge in [0.25, 0.3) is 0 Å². The first-order valence-electron chi connectivity index (χ1n) is 8.59. The van der Waals surface area contributed by atoms with Crippen molar-refractivity contribution in [2.24, 2.45) is 0 Å². The minimum absolute atomic E-state index is 0.0607. The van der Waals surface area contributed by atoms with E-state index in [0.29, 0.717) is 29.2 Å². The van der Waals surface area contributed by atoms with Crippen LogP contribution in [0, 0.1) is 0 Å². The van der Waals surface area contributed by atoms with E-state index in [4.69, 9.17) is 21.1 Å². The molecule has 0 aliphatic carbocycles. The van der Waals surface area contributed by atoms with Gasteiger partial charge in [0.1, 0.15) is 0 Å². The van der Waals surface area contributed by atoms with Crippen LogP contribution in [0.15, 0.2) is 18.2 Å². The Balaban J connectivity index is 2.16. The zero-order chi connectivity index (χ0) is 17.5. The fourth-order valence-corrected chi connectivity index (χ4v) is 3.37. The van der Waals surface area contributed by atoms with Crippen molar-refractivity contribution in [3.8, 4) is 11.5 Å². The molecule has 1 fully saturated rings. The number of likely N-dealkylation sites (tertiary alicyclic amines) is 1. The molecular weight excluding hydrogens is 326 g/mol. The van der Waals surface area contributed by atoms with Crippen molar-refractivity contribution in [2.45, 2.75) is 45.6 Å². The fourth-order valence-electron chi connectivity index (χ4n) is 3.10. The second kappa shape index (κ2) is 8.97. The second-order valence-corrected chi connectivity index (χ2v) is 6.30. The number of piperidine rings is 1. The van der Waals surface area contributed by atoms with Crippen LogP contribution in [0.2, 0.25) is 5.02 Å². The number of hydrogen-bond donors (Lipinski definition) is 0. The van der Waals surface area contributed by atoms with Gasteiger partial charge in [-0.1, -0.05) is 18.5 Å². The summed E-state index contributed by atoms with van der Waals surface area (Å²) in [6, 6.07) is 3.97. The van der Waals surface area contributed by atoms with Crippen LogP contribution in [-0.4, -0.2) is 37.1 Å². The normalized spacial score (nSPS) is 18.0. The molecule has 1 saturated heterocycles. The number of amides is 1. The van der Waals surface area contributed by atoms with Gasteiger partial charge in [0.05, 0.1) is 18.7 Å². The molecular formula is C19H26ClNO3. The summed E-state index contributed by atoms with van der Waals surface area (Å²) >= 11 is 6.27. The third-order valence-corrected chi connectivity index (χ3v) is 4.62. The molecule has 1 unspecified atom stereocenters. The number of carbonyl (C=O) groups is 1. The highest BCUT2D eigenvalue weighted by molar-refractivity contribution is 6.32. The Bertz CT molecular complexity index is 601. The molecule has 2 rings (SSSR count). The van der Waals surface area contributed by atoms with Gasteiger partial charge in [-0.15, -0.1) is 0 Å². The van der Waals surface area contributed by atoms with Gasteiger partial charge in [0.15, 0.2) is 11.5 Å². The van der Waals surface area contributed by atoms with Gasteiger partial charge in [0.2, 0.25) is 5.91 Å². The first-order chi connectivity index (χ1) is 11.6. The van der Waals surface area contributed by atoms with Crippen LogP contribution in [0.25, 0.3) is 6.08 Å². The molecule has 0 aromatic heterocycles. The average Bonchev–Trinajstić information content (AvgIpc) is 2.61. The summed E-state index contributed by atoms with van der Waals surface area (Å²) in [7, 11) is 1.58. The lowest BCUT2D eigenvalue weighted by Crippen LogP contribution is -2.42. The summed E-state index contributed by atoms with van der Waals surface area (Å²) in [5, 5.41) is 0.479. The zero-order valence-electron chi connectivity index (χ0n) is 14.7.